The quantitative estimate of drug-likeness (QED) is 0.533. The third-order valence-electron chi connectivity index (χ3n) is 6.16. The molecule has 172 valence electrons. The number of fused-ring (bicyclic) bond motifs is 1. The number of allylic oxidation sites excluding steroid dienone is 2. The van der Waals surface area contributed by atoms with E-state index < -0.39 is 18.1 Å². The Morgan fingerprint density at radius 2 is 1.85 bits per heavy atom. The number of halogens is 2. The van der Waals surface area contributed by atoms with Gasteiger partial charge in [0.15, 0.2) is 5.75 Å². The van der Waals surface area contributed by atoms with Crippen molar-refractivity contribution in [2.45, 2.75) is 25.7 Å². The molecule has 3 aliphatic rings. The highest BCUT2D eigenvalue weighted by molar-refractivity contribution is 6.50. The standard InChI is InChI=1S/C25H19Cl2N3O4/c26-20-9-16(30-24(32)12-23(31)22(13-28)29-30)10-21(27)25(20)34-17-3-1-14-2-4-18(19(14)11-17)15-5-7-33-8-6-15/h1,3-4,9-11,15H,2,5-8,12H2. The number of ketones is 1. The molecule has 7 nitrogen and oxygen atoms in total. The summed E-state index contributed by atoms with van der Waals surface area (Å²) in [6.07, 6.45) is 4.75. The summed E-state index contributed by atoms with van der Waals surface area (Å²) < 4.78 is 11.6. The number of carbonyl (C=O) groups excluding carboxylic acids is 2. The van der Waals surface area contributed by atoms with Crippen molar-refractivity contribution in [3.05, 3.63) is 57.6 Å². The van der Waals surface area contributed by atoms with Crippen molar-refractivity contribution in [3.8, 4) is 17.6 Å². The topological polar surface area (TPSA) is 92.0 Å². The van der Waals surface area contributed by atoms with Crippen LogP contribution in [0.3, 0.4) is 0 Å². The van der Waals surface area contributed by atoms with Crippen molar-refractivity contribution in [2.75, 3.05) is 18.2 Å². The van der Waals surface area contributed by atoms with E-state index >= 15 is 0 Å². The molecule has 1 amide bonds. The zero-order valence-corrected chi connectivity index (χ0v) is 19.5. The van der Waals surface area contributed by atoms with Crippen LogP contribution in [0, 0.1) is 17.2 Å². The monoisotopic (exact) mass is 495 g/mol. The molecule has 34 heavy (non-hydrogen) atoms. The van der Waals surface area contributed by atoms with Gasteiger partial charge < -0.3 is 9.47 Å². The number of carbonyl (C=O) groups is 2. The van der Waals surface area contributed by atoms with Gasteiger partial charge in [-0.2, -0.15) is 15.4 Å². The molecule has 1 fully saturated rings. The molecule has 0 radical (unpaired) electrons. The second-order valence-electron chi connectivity index (χ2n) is 8.28. The van der Waals surface area contributed by atoms with Crippen molar-refractivity contribution in [1.82, 2.24) is 0 Å². The van der Waals surface area contributed by atoms with Crippen LogP contribution in [-0.2, 0) is 20.7 Å². The van der Waals surface area contributed by atoms with Crippen LogP contribution in [0.5, 0.6) is 11.5 Å². The summed E-state index contributed by atoms with van der Waals surface area (Å²) in [5, 5.41) is 14.2. The minimum absolute atomic E-state index is 0.168. The minimum atomic E-state index is -0.619. The molecule has 2 aromatic carbocycles. The Morgan fingerprint density at radius 1 is 1.12 bits per heavy atom. The first-order chi connectivity index (χ1) is 16.4. The Balaban J connectivity index is 1.42. The molecule has 1 aliphatic carbocycles. The van der Waals surface area contributed by atoms with Crippen molar-refractivity contribution in [3.63, 3.8) is 0 Å². The van der Waals surface area contributed by atoms with Gasteiger partial charge in [-0.15, -0.1) is 0 Å². The summed E-state index contributed by atoms with van der Waals surface area (Å²) in [5.74, 6) is 0.123. The van der Waals surface area contributed by atoms with Crippen LogP contribution in [0.1, 0.15) is 30.4 Å². The number of ether oxygens (including phenoxy) is 2. The van der Waals surface area contributed by atoms with Gasteiger partial charge in [-0.05, 0) is 66.1 Å². The number of hydrazone groups is 1. The van der Waals surface area contributed by atoms with E-state index in [1.54, 1.807) is 6.07 Å². The lowest BCUT2D eigenvalue weighted by molar-refractivity contribution is -0.124. The molecule has 2 aliphatic heterocycles. The molecule has 0 unspecified atom stereocenters. The van der Waals surface area contributed by atoms with Gasteiger partial charge in [0.1, 0.15) is 11.8 Å². The van der Waals surface area contributed by atoms with Gasteiger partial charge in [-0.1, -0.05) is 35.3 Å². The maximum absolute atomic E-state index is 12.3. The Hall–Kier alpha value is -3.18. The number of benzene rings is 2. The maximum Gasteiger partial charge on any atom is 0.255 e. The molecule has 2 aromatic rings. The van der Waals surface area contributed by atoms with E-state index in [0.29, 0.717) is 11.7 Å². The van der Waals surface area contributed by atoms with Crippen LogP contribution >= 0.6 is 23.2 Å². The molecule has 0 saturated carbocycles. The smallest absolute Gasteiger partial charge is 0.255 e. The number of amides is 1. The summed E-state index contributed by atoms with van der Waals surface area (Å²) in [6, 6.07) is 10.6. The number of Topliss-reactive ketones (excluding diaryl/α,β-unsaturated/α-hetero) is 1. The fourth-order valence-electron chi connectivity index (χ4n) is 4.47. The van der Waals surface area contributed by atoms with E-state index in [0.717, 1.165) is 37.5 Å². The second-order valence-corrected chi connectivity index (χ2v) is 9.09. The number of rotatable bonds is 4. The highest BCUT2D eigenvalue weighted by Crippen LogP contribution is 2.43. The van der Waals surface area contributed by atoms with E-state index in [9.17, 15) is 9.59 Å². The summed E-state index contributed by atoms with van der Waals surface area (Å²) in [7, 11) is 0. The Morgan fingerprint density at radius 3 is 2.56 bits per heavy atom. The SMILES string of the molecule is N#CC1=NN(c2cc(Cl)c(Oc3ccc4c(c3)C(C3CCOCC3)=CC4)c(Cl)c2)C(=O)CC1=O. The second kappa shape index (κ2) is 9.22. The summed E-state index contributed by atoms with van der Waals surface area (Å²) in [4.78, 5) is 24.0. The van der Waals surface area contributed by atoms with Gasteiger partial charge in [-0.25, -0.2) is 0 Å². The first-order valence-corrected chi connectivity index (χ1v) is 11.6. The van der Waals surface area contributed by atoms with Crippen LogP contribution < -0.4 is 9.75 Å². The molecule has 0 atom stereocenters. The number of hydrogen-bond acceptors (Lipinski definition) is 6. The summed E-state index contributed by atoms with van der Waals surface area (Å²) in [5.41, 5.74) is 3.66. The molecular formula is C25H19Cl2N3O4. The molecule has 0 bridgehead atoms. The van der Waals surface area contributed by atoms with E-state index in [2.05, 4.69) is 11.2 Å². The zero-order chi connectivity index (χ0) is 23.8. The Bertz CT molecular complexity index is 1280. The third kappa shape index (κ3) is 4.21. The summed E-state index contributed by atoms with van der Waals surface area (Å²) >= 11 is 12.9. The number of hydrogen-bond donors (Lipinski definition) is 0. The molecule has 9 heteroatoms. The summed E-state index contributed by atoms with van der Waals surface area (Å²) in [6.45, 7) is 1.55. The van der Waals surface area contributed by atoms with E-state index in [4.69, 9.17) is 37.9 Å². The average Bonchev–Trinajstić information content (AvgIpc) is 3.25. The predicted molar refractivity (Wildman–Crippen MR) is 128 cm³/mol. The lowest BCUT2D eigenvalue weighted by Gasteiger charge is -2.24. The van der Waals surface area contributed by atoms with Crippen molar-refractivity contribution in [1.29, 1.82) is 5.26 Å². The Kier molecular flexibility index (Phi) is 6.13. The zero-order valence-electron chi connectivity index (χ0n) is 18.0. The van der Waals surface area contributed by atoms with Crippen LogP contribution in [0.25, 0.3) is 5.57 Å². The molecule has 0 aromatic heterocycles. The van der Waals surface area contributed by atoms with Crippen molar-refractivity contribution in [2.24, 2.45) is 11.0 Å². The largest absolute Gasteiger partial charge is 0.454 e. The first-order valence-electron chi connectivity index (χ1n) is 10.9. The maximum atomic E-state index is 12.3. The highest BCUT2D eigenvalue weighted by Gasteiger charge is 2.30. The van der Waals surface area contributed by atoms with Crippen LogP contribution in [0.2, 0.25) is 10.0 Å². The highest BCUT2D eigenvalue weighted by atomic mass is 35.5. The van der Waals surface area contributed by atoms with Gasteiger partial charge in [-0.3, -0.25) is 9.59 Å². The molecular weight excluding hydrogens is 477 g/mol. The average molecular weight is 496 g/mol. The lowest BCUT2D eigenvalue weighted by atomic mass is 9.88. The van der Waals surface area contributed by atoms with Gasteiger partial charge >= 0.3 is 0 Å². The predicted octanol–water partition coefficient (Wildman–Crippen LogP) is 5.34. The van der Waals surface area contributed by atoms with Gasteiger partial charge in [0, 0.05) is 13.2 Å². The van der Waals surface area contributed by atoms with E-state index in [1.807, 2.05) is 18.2 Å². The van der Waals surface area contributed by atoms with Crippen LogP contribution in [0.15, 0.2) is 41.5 Å². The lowest BCUT2D eigenvalue weighted by Crippen LogP contribution is -2.36. The van der Waals surface area contributed by atoms with Crippen molar-refractivity contribution < 1.29 is 19.1 Å². The van der Waals surface area contributed by atoms with Crippen LogP contribution in [-0.4, -0.2) is 30.6 Å². The fourth-order valence-corrected chi connectivity index (χ4v) is 5.02. The first kappa shape index (κ1) is 22.6. The fraction of sp³-hybridized carbons (Fsp3) is 0.280. The molecule has 1 saturated heterocycles. The Labute approximate surface area is 206 Å². The van der Waals surface area contributed by atoms with Gasteiger partial charge in [0.25, 0.3) is 5.91 Å². The van der Waals surface area contributed by atoms with Gasteiger partial charge in [0.2, 0.25) is 11.5 Å². The van der Waals surface area contributed by atoms with Crippen molar-refractivity contribution >= 4 is 51.9 Å². The number of nitriles is 1. The minimum Gasteiger partial charge on any atom is -0.454 e. The molecule has 5 rings (SSSR count). The van der Waals surface area contributed by atoms with Gasteiger partial charge in [0.05, 0.1) is 22.2 Å². The normalized spacial score (nSPS) is 18.3. The van der Waals surface area contributed by atoms with E-state index in [-0.39, 0.29) is 27.2 Å². The number of nitrogens with zero attached hydrogens (tertiary/aromatic N) is 3. The van der Waals surface area contributed by atoms with E-state index in [1.165, 1.54) is 28.8 Å². The molecule has 2 heterocycles. The van der Waals surface area contributed by atoms with Crippen LogP contribution in [0.4, 0.5) is 5.69 Å². The molecule has 0 spiro atoms. The number of anilines is 1. The molecule has 0 N–H and O–H groups in total. The third-order valence-corrected chi connectivity index (χ3v) is 6.72.